The molecule has 0 unspecified atom stereocenters. The van der Waals surface area contributed by atoms with Crippen LogP contribution in [0.3, 0.4) is 0 Å². The zero-order valence-corrected chi connectivity index (χ0v) is 16.6. The van der Waals surface area contributed by atoms with Crippen molar-refractivity contribution in [3.8, 4) is 5.75 Å². The van der Waals surface area contributed by atoms with Gasteiger partial charge in [0.2, 0.25) is 0 Å². The number of nitrogens with zero attached hydrogens (tertiary/aromatic N) is 1. The van der Waals surface area contributed by atoms with Gasteiger partial charge >= 0.3 is 12.1 Å². The van der Waals surface area contributed by atoms with Crippen LogP contribution in [0.4, 0.5) is 18.9 Å². The van der Waals surface area contributed by atoms with Crippen LogP contribution in [0.2, 0.25) is 0 Å². The normalized spacial score (nSPS) is 10.6. The number of anilines is 1. The van der Waals surface area contributed by atoms with Crippen molar-refractivity contribution in [1.82, 2.24) is 10.3 Å². The number of carbonyl (C=O) groups is 2. The number of phenols is 1. The number of amides is 1. The van der Waals surface area contributed by atoms with Gasteiger partial charge in [-0.25, -0.2) is 4.79 Å². The fourth-order valence-electron chi connectivity index (χ4n) is 2.43. The number of hydrogen-bond acceptors (Lipinski definition) is 5. The Morgan fingerprint density at radius 2 is 1.50 bits per heavy atom. The summed E-state index contributed by atoms with van der Waals surface area (Å²) in [5.74, 6) is -2.64. The minimum atomic E-state index is -5.08. The van der Waals surface area contributed by atoms with E-state index in [1.807, 2.05) is 36.4 Å². The molecule has 4 N–H and O–H groups in total. The average Bonchev–Trinajstić information content (AvgIpc) is 2.75. The first-order valence-corrected chi connectivity index (χ1v) is 9.24. The Kier molecular flexibility index (Phi) is 8.72. The van der Waals surface area contributed by atoms with Crippen molar-refractivity contribution >= 4 is 17.6 Å². The minimum absolute atomic E-state index is 0.155. The molecular weight excluding hydrogens is 427 g/mol. The van der Waals surface area contributed by atoms with Gasteiger partial charge in [-0.3, -0.25) is 9.78 Å². The van der Waals surface area contributed by atoms with Crippen molar-refractivity contribution in [3.05, 3.63) is 89.7 Å². The first kappa shape index (κ1) is 24.4. The van der Waals surface area contributed by atoms with E-state index in [0.29, 0.717) is 18.7 Å². The largest absolute Gasteiger partial charge is 0.508 e. The van der Waals surface area contributed by atoms with Crippen LogP contribution in [0.5, 0.6) is 5.75 Å². The van der Waals surface area contributed by atoms with E-state index >= 15 is 0 Å². The second-order valence-corrected chi connectivity index (χ2v) is 6.46. The number of pyridine rings is 1. The van der Waals surface area contributed by atoms with Crippen molar-refractivity contribution in [2.45, 2.75) is 19.3 Å². The van der Waals surface area contributed by atoms with Gasteiger partial charge < -0.3 is 20.8 Å². The summed E-state index contributed by atoms with van der Waals surface area (Å²) in [7, 11) is 0. The fourth-order valence-corrected chi connectivity index (χ4v) is 2.43. The molecule has 2 aromatic carbocycles. The molecule has 0 spiro atoms. The molecule has 1 amide bonds. The summed E-state index contributed by atoms with van der Waals surface area (Å²) >= 11 is 0. The molecule has 0 saturated heterocycles. The molecule has 0 aliphatic carbocycles. The third-order valence-electron chi connectivity index (χ3n) is 3.97. The number of aliphatic carboxylic acids is 1. The number of carboxylic acids is 1. The number of rotatable bonds is 6. The van der Waals surface area contributed by atoms with Gasteiger partial charge in [0.15, 0.2) is 0 Å². The number of halogens is 3. The van der Waals surface area contributed by atoms with Gasteiger partial charge in [0, 0.05) is 36.7 Å². The summed E-state index contributed by atoms with van der Waals surface area (Å²) < 4.78 is 31.7. The second kappa shape index (κ2) is 11.5. The van der Waals surface area contributed by atoms with Gasteiger partial charge in [-0.15, -0.1) is 0 Å². The Hall–Kier alpha value is -3.92. The summed E-state index contributed by atoms with van der Waals surface area (Å²) in [5.41, 5.74) is 3.47. The number of aromatic nitrogens is 1. The molecule has 1 heterocycles. The van der Waals surface area contributed by atoms with Crippen LogP contribution in [0.1, 0.15) is 21.5 Å². The summed E-state index contributed by atoms with van der Waals surface area (Å²) in [6.07, 6.45) is -1.90. The molecule has 32 heavy (non-hydrogen) atoms. The predicted molar refractivity (Wildman–Crippen MR) is 111 cm³/mol. The standard InChI is InChI=1S/C20H19N3O2.C2HF3O2/c24-19-3-1-2-16(12-19)14-22-13-15-4-6-18(7-5-15)23-20(25)17-8-10-21-11-9-17;3-2(4,5)1(6)7/h1-12,22,24H,13-14H2,(H,23,25);(H,6,7). The molecular formula is C22H20F3N3O4. The number of aromatic hydroxyl groups is 1. The lowest BCUT2D eigenvalue weighted by Crippen LogP contribution is -2.21. The predicted octanol–water partition coefficient (Wildman–Crippen LogP) is 3.96. The van der Waals surface area contributed by atoms with Crippen LogP contribution < -0.4 is 10.6 Å². The molecule has 1 aromatic heterocycles. The highest BCUT2D eigenvalue weighted by Gasteiger charge is 2.38. The van der Waals surface area contributed by atoms with Crippen molar-refractivity contribution < 1.29 is 33.0 Å². The Bertz CT molecular complexity index is 1030. The maximum atomic E-state index is 12.1. The molecule has 0 fully saturated rings. The second-order valence-electron chi connectivity index (χ2n) is 6.46. The van der Waals surface area contributed by atoms with Gasteiger partial charge in [-0.05, 0) is 47.5 Å². The molecule has 0 aliphatic rings. The van der Waals surface area contributed by atoms with Crippen LogP contribution in [0.25, 0.3) is 0 Å². The maximum Gasteiger partial charge on any atom is 0.490 e. The van der Waals surface area contributed by atoms with Crippen LogP contribution in [-0.2, 0) is 17.9 Å². The molecule has 168 valence electrons. The van der Waals surface area contributed by atoms with Crippen LogP contribution >= 0.6 is 0 Å². The van der Waals surface area contributed by atoms with Crippen LogP contribution in [0, 0.1) is 0 Å². The van der Waals surface area contributed by atoms with E-state index in [1.165, 1.54) is 0 Å². The monoisotopic (exact) mass is 447 g/mol. The molecule has 3 rings (SSSR count). The lowest BCUT2D eigenvalue weighted by atomic mass is 10.1. The number of carbonyl (C=O) groups excluding carboxylic acids is 1. The van der Waals surface area contributed by atoms with E-state index in [1.54, 1.807) is 36.7 Å². The number of benzene rings is 2. The van der Waals surface area contributed by atoms with Gasteiger partial charge in [0.25, 0.3) is 5.91 Å². The van der Waals surface area contributed by atoms with Gasteiger partial charge in [0.05, 0.1) is 0 Å². The lowest BCUT2D eigenvalue weighted by molar-refractivity contribution is -0.192. The highest BCUT2D eigenvalue weighted by molar-refractivity contribution is 6.04. The summed E-state index contributed by atoms with van der Waals surface area (Å²) in [4.78, 5) is 24.9. The molecule has 0 radical (unpaired) electrons. The smallest absolute Gasteiger partial charge is 0.490 e. The Morgan fingerprint density at radius 3 is 2.06 bits per heavy atom. The van der Waals surface area contributed by atoms with Crippen molar-refractivity contribution in [2.24, 2.45) is 0 Å². The molecule has 0 atom stereocenters. The van der Waals surface area contributed by atoms with E-state index in [4.69, 9.17) is 9.90 Å². The van der Waals surface area contributed by atoms with E-state index in [2.05, 4.69) is 15.6 Å². The Morgan fingerprint density at radius 1 is 0.906 bits per heavy atom. The van der Waals surface area contributed by atoms with Gasteiger partial charge in [0.1, 0.15) is 5.75 Å². The minimum Gasteiger partial charge on any atom is -0.508 e. The summed E-state index contributed by atoms with van der Waals surface area (Å²) in [5, 5.41) is 22.8. The maximum absolute atomic E-state index is 12.1. The first-order valence-electron chi connectivity index (χ1n) is 9.24. The van der Waals surface area contributed by atoms with E-state index in [-0.39, 0.29) is 11.7 Å². The quantitative estimate of drug-likeness (QED) is 0.455. The summed E-state index contributed by atoms with van der Waals surface area (Å²) in [6, 6.07) is 18.2. The molecule has 7 nitrogen and oxygen atoms in total. The average molecular weight is 447 g/mol. The van der Waals surface area contributed by atoms with Crippen molar-refractivity contribution in [2.75, 3.05) is 5.32 Å². The van der Waals surface area contributed by atoms with Crippen LogP contribution in [-0.4, -0.2) is 33.2 Å². The Balaban J connectivity index is 0.000000451. The van der Waals surface area contributed by atoms with E-state index in [0.717, 1.165) is 16.8 Å². The molecule has 10 heteroatoms. The molecule has 3 aromatic rings. The number of alkyl halides is 3. The SMILES string of the molecule is O=C(Nc1ccc(CNCc2cccc(O)c2)cc1)c1ccncc1.O=C(O)C(F)(F)F. The van der Waals surface area contributed by atoms with Gasteiger partial charge in [-0.2, -0.15) is 13.2 Å². The molecule has 0 saturated carbocycles. The molecule has 0 bridgehead atoms. The highest BCUT2D eigenvalue weighted by atomic mass is 19.4. The zero-order valence-electron chi connectivity index (χ0n) is 16.6. The van der Waals surface area contributed by atoms with E-state index < -0.39 is 12.1 Å². The lowest BCUT2D eigenvalue weighted by Gasteiger charge is -2.08. The Labute approximate surface area is 181 Å². The van der Waals surface area contributed by atoms with Crippen molar-refractivity contribution in [1.29, 1.82) is 0 Å². The number of phenolic OH excluding ortho intramolecular Hbond substituents is 1. The third kappa shape index (κ3) is 8.44. The van der Waals surface area contributed by atoms with Gasteiger partial charge in [-0.1, -0.05) is 24.3 Å². The van der Waals surface area contributed by atoms with Crippen molar-refractivity contribution in [3.63, 3.8) is 0 Å². The molecule has 0 aliphatic heterocycles. The number of hydrogen-bond donors (Lipinski definition) is 4. The third-order valence-corrected chi connectivity index (χ3v) is 3.97. The topological polar surface area (TPSA) is 112 Å². The summed E-state index contributed by atoms with van der Waals surface area (Å²) in [6.45, 7) is 1.38. The van der Waals surface area contributed by atoms with E-state index in [9.17, 15) is 23.1 Å². The fraction of sp³-hybridized carbons (Fsp3) is 0.136. The number of nitrogens with one attached hydrogen (secondary N) is 2. The van der Waals surface area contributed by atoms with Crippen LogP contribution in [0.15, 0.2) is 73.1 Å². The zero-order chi connectivity index (χ0) is 23.6. The highest BCUT2D eigenvalue weighted by Crippen LogP contribution is 2.14. The number of carboxylic acid groups (broad SMARTS) is 1. The first-order chi connectivity index (χ1) is 15.1.